The molecule has 1 heterocycles. The highest BCUT2D eigenvalue weighted by Gasteiger charge is 2.38. The van der Waals surface area contributed by atoms with Crippen molar-refractivity contribution in [2.24, 2.45) is 0 Å². The van der Waals surface area contributed by atoms with Crippen molar-refractivity contribution in [3.05, 3.63) is 28.1 Å². The summed E-state index contributed by atoms with van der Waals surface area (Å²) in [5, 5.41) is 11.0. The number of carboxylic acid groups (broad SMARTS) is 1. The summed E-state index contributed by atoms with van der Waals surface area (Å²) in [5.74, 6) is -3.32. The van der Waals surface area contributed by atoms with Gasteiger partial charge in [0.05, 0.1) is 5.02 Å². The molecular formula is C11H5ClF3NO3S. The first-order valence-electron chi connectivity index (χ1n) is 5.03. The Morgan fingerprint density at radius 3 is 2.50 bits per heavy atom. The third kappa shape index (κ3) is 2.70. The summed E-state index contributed by atoms with van der Waals surface area (Å²) >= 11 is 6.66. The molecule has 0 atom stereocenters. The zero-order valence-corrected chi connectivity index (χ0v) is 11.0. The fourth-order valence-corrected chi connectivity index (χ4v) is 2.87. The van der Waals surface area contributed by atoms with Crippen LogP contribution in [-0.4, -0.2) is 23.2 Å². The summed E-state index contributed by atoms with van der Waals surface area (Å²) in [6, 6.07) is 3.81. The van der Waals surface area contributed by atoms with E-state index in [1.54, 1.807) is 5.32 Å². The second-order valence-electron chi connectivity index (χ2n) is 3.71. The lowest BCUT2D eigenvalue weighted by Gasteiger charge is -2.07. The minimum absolute atomic E-state index is 0.0196. The number of aromatic carboxylic acids is 1. The Morgan fingerprint density at radius 2 is 1.95 bits per heavy atom. The van der Waals surface area contributed by atoms with Crippen molar-refractivity contribution in [2.45, 2.75) is 6.18 Å². The van der Waals surface area contributed by atoms with Crippen molar-refractivity contribution in [1.82, 2.24) is 0 Å². The maximum Gasteiger partial charge on any atom is 0.471 e. The normalized spacial score (nSPS) is 11.6. The first-order chi connectivity index (χ1) is 9.20. The Bertz CT molecular complexity index is 711. The summed E-state index contributed by atoms with van der Waals surface area (Å²) in [7, 11) is 0. The molecule has 4 nitrogen and oxygen atoms in total. The van der Waals surface area contributed by atoms with Crippen LogP contribution in [0.3, 0.4) is 0 Å². The van der Waals surface area contributed by atoms with Crippen LogP contribution in [-0.2, 0) is 4.79 Å². The summed E-state index contributed by atoms with van der Waals surface area (Å²) in [5.41, 5.74) is -0.0883. The number of hydrogen-bond acceptors (Lipinski definition) is 3. The average Bonchev–Trinajstić information content (AvgIpc) is 2.65. The number of thiophene rings is 1. The van der Waals surface area contributed by atoms with E-state index in [1.165, 1.54) is 18.2 Å². The maximum atomic E-state index is 12.1. The zero-order chi connectivity index (χ0) is 15.1. The fourth-order valence-electron chi connectivity index (χ4n) is 1.48. The third-order valence-corrected chi connectivity index (χ3v) is 3.98. The number of amides is 1. The Kier molecular flexibility index (Phi) is 3.61. The monoisotopic (exact) mass is 323 g/mol. The minimum atomic E-state index is -4.99. The van der Waals surface area contributed by atoms with Crippen LogP contribution in [0.2, 0.25) is 5.02 Å². The van der Waals surface area contributed by atoms with Crippen molar-refractivity contribution >= 4 is 50.6 Å². The molecular weight excluding hydrogens is 319 g/mol. The first kappa shape index (κ1) is 14.6. The molecule has 0 aliphatic carbocycles. The average molecular weight is 324 g/mol. The summed E-state index contributed by atoms with van der Waals surface area (Å²) in [4.78, 5) is 21.6. The number of carbonyl (C=O) groups is 2. The number of carboxylic acids is 1. The summed E-state index contributed by atoms with van der Waals surface area (Å²) < 4.78 is 36.7. The highest BCUT2D eigenvalue weighted by molar-refractivity contribution is 7.21. The number of alkyl halides is 3. The standard InChI is InChI=1S/C11H5ClF3NO3S/c12-7-5-2-1-4(16-10(19)11(13,14)15)3-6(5)20-8(7)9(17)18/h1-3H,(H,16,19)(H,17,18). The maximum absolute atomic E-state index is 12.1. The number of anilines is 1. The molecule has 0 fully saturated rings. The van der Waals surface area contributed by atoms with E-state index in [2.05, 4.69) is 0 Å². The van der Waals surface area contributed by atoms with E-state index in [4.69, 9.17) is 16.7 Å². The lowest BCUT2D eigenvalue weighted by Crippen LogP contribution is -2.29. The molecule has 0 radical (unpaired) electrons. The first-order valence-corrected chi connectivity index (χ1v) is 6.23. The predicted octanol–water partition coefficient (Wildman–Crippen LogP) is 3.75. The zero-order valence-electron chi connectivity index (χ0n) is 9.42. The SMILES string of the molecule is O=C(O)c1sc2cc(NC(=O)C(F)(F)F)ccc2c1Cl. The summed E-state index contributed by atoms with van der Waals surface area (Å²) in [6.07, 6.45) is -4.99. The molecule has 2 rings (SSSR count). The van der Waals surface area contributed by atoms with Crippen LogP contribution >= 0.6 is 22.9 Å². The van der Waals surface area contributed by atoms with Crippen LogP contribution in [0.5, 0.6) is 0 Å². The molecule has 0 saturated heterocycles. The van der Waals surface area contributed by atoms with E-state index in [0.717, 1.165) is 11.3 Å². The van der Waals surface area contributed by atoms with Crippen LogP contribution in [0.25, 0.3) is 10.1 Å². The Morgan fingerprint density at radius 1 is 1.30 bits per heavy atom. The van der Waals surface area contributed by atoms with Crippen LogP contribution in [0.1, 0.15) is 9.67 Å². The van der Waals surface area contributed by atoms with Crippen molar-refractivity contribution in [3.8, 4) is 0 Å². The molecule has 2 N–H and O–H groups in total. The molecule has 1 aromatic carbocycles. The van der Waals surface area contributed by atoms with Gasteiger partial charge in [0.15, 0.2) is 0 Å². The van der Waals surface area contributed by atoms with E-state index in [0.29, 0.717) is 10.1 Å². The van der Waals surface area contributed by atoms with Gasteiger partial charge < -0.3 is 10.4 Å². The van der Waals surface area contributed by atoms with Gasteiger partial charge in [-0.3, -0.25) is 4.79 Å². The lowest BCUT2D eigenvalue weighted by atomic mass is 10.2. The quantitative estimate of drug-likeness (QED) is 0.884. The van der Waals surface area contributed by atoms with Crippen LogP contribution in [0, 0.1) is 0 Å². The largest absolute Gasteiger partial charge is 0.477 e. The van der Waals surface area contributed by atoms with E-state index >= 15 is 0 Å². The van der Waals surface area contributed by atoms with Crippen molar-refractivity contribution < 1.29 is 27.9 Å². The van der Waals surface area contributed by atoms with Crippen LogP contribution < -0.4 is 5.32 Å². The van der Waals surface area contributed by atoms with E-state index in [-0.39, 0.29) is 15.6 Å². The van der Waals surface area contributed by atoms with Gasteiger partial charge in [0.2, 0.25) is 0 Å². The lowest BCUT2D eigenvalue weighted by molar-refractivity contribution is -0.167. The molecule has 1 aromatic heterocycles. The minimum Gasteiger partial charge on any atom is -0.477 e. The van der Waals surface area contributed by atoms with Gasteiger partial charge in [-0.15, -0.1) is 11.3 Å². The second-order valence-corrected chi connectivity index (χ2v) is 5.14. The molecule has 0 saturated carbocycles. The molecule has 0 aliphatic rings. The molecule has 9 heteroatoms. The number of carbonyl (C=O) groups excluding carboxylic acids is 1. The number of fused-ring (bicyclic) bond motifs is 1. The molecule has 0 aliphatic heterocycles. The van der Waals surface area contributed by atoms with E-state index in [1.807, 2.05) is 0 Å². The summed E-state index contributed by atoms with van der Waals surface area (Å²) in [6.45, 7) is 0. The van der Waals surface area contributed by atoms with Gasteiger partial charge in [-0.1, -0.05) is 11.6 Å². The van der Waals surface area contributed by atoms with Crippen molar-refractivity contribution in [3.63, 3.8) is 0 Å². The number of hydrogen-bond donors (Lipinski definition) is 2. The number of benzene rings is 1. The third-order valence-electron chi connectivity index (χ3n) is 2.34. The molecule has 20 heavy (non-hydrogen) atoms. The highest BCUT2D eigenvalue weighted by Crippen LogP contribution is 2.36. The highest BCUT2D eigenvalue weighted by atomic mass is 35.5. The Hall–Kier alpha value is -1.80. The molecule has 2 aromatic rings. The van der Waals surface area contributed by atoms with Gasteiger partial charge in [-0.05, 0) is 18.2 Å². The predicted molar refractivity (Wildman–Crippen MR) is 68.5 cm³/mol. The topological polar surface area (TPSA) is 66.4 Å². The van der Waals surface area contributed by atoms with E-state index in [9.17, 15) is 22.8 Å². The molecule has 0 unspecified atom stereocenters. The molecule has 1 amide bonds. The van der Waals surface area contributed by atoms with Gasteiger partial charge >= 0.3 is 18.1 Å². The molecule has 0 bridgehead atoms. The number of halogens is 4. The van der Waals surface area contributed by atoms with Crippen LogP contribution in [0.15, 0.2) is 18.2 Å². The molecule has 0 spiro atoms. The Balaban J connectivity index is 2.40. The van der Waals surface area contributed by atoms with Crippen LogP contribution in [0.4, 0.5) is 18.9 Å². The smallest absolute Gasteiger partial charge is 0.471 e. The van der Waals surface area contributed by atoms with Gasteiger partial charge in [-0.2, -0.15) is 13.2 Å². The van der Waals surface area contributed by atoms with Gasteiger partial charge in [-0.25, -0.2) is 4.79 Å². The Labute approximate surface area is 118 Å². The van der Waals surface area contributed by atoms with Gasteiger partial charge in [0.25, 0.3) is 0 Å². The van der Waals surface area contributed by atoms with E-state index < -0.39 is 18.1 Å². The second kappa shape index (κ2) is 4.95. The fraction of sp³-hybridized carbons (Fsp3) is 0.0909. The van der Waals surface area contributed by atoms with Gasteiger partial charge in [0.1, 0.15) is 4.88 Å². The van der Waals surface area contributed by atoms with Crippen molar-refractivity contribution in [1.29, 1.82) is 0 Å². The molecule has 106 valence electrons. The number of rotatable bonds is 2. The number of nitrogens with one attached hydrogen (secondary N) is 1. The van der Waals surface area contributed by atoms with Crippen molar-refractivity contribution in [2.75, 3.05) is 5.32 Å². The van der Waals surface area contributed by atoms with Gasteiger partial charge in [0, 0.05) is 15.8 Å².